The average Bonchev–Trinajstić information content (AvgIpc) is 3.38. The molecule has 10 heteroatoms. The number of aromatic nitrogens is 2. The molecule has 0 radical (unpaired) electrons. The van der Waals surface area contributed by atoms with Crippen molar-refractivity contribution in [1.82, 2.24) is 9.78 Å². The van der Waals surface area contributed by atoms with Gasteiger partial charge < -0.3 is 10.1 Å². The van der Waals surface area contributed by atoms with Crippen LogP contribution in [0, 0.1) is 0 Å². The minimum Gasteiger partial charge on any atom is -0.473 e. The summed E-state index contributed by atoms with van der Waals surface area (Å²) in [6.45, 7) is 1.13. The predicted molar refractivity (Wildman–Crippen MR) is 110 cm³/mol. The molecular formula is C20H24FN5O3S. The first-order chi connectivity index (χ1) is 14.2. The van der Waals surface area contributed by atoms with E-state index < -0.39 is 21.6 Å². The molecule has 1 aliphatic heterocycles. The summed E-state index contributed by atoms with van der Waals surface area (Å²) in [6.07, 6.45) is 7.16. The number of amides is 2. The van der Waals surface area contributed by atoms with Crippen LogP contribution < -0.4 is 15.2 Å². The Morgan fingerprint density at radius 3 is 2.63 bits per heavy atom. The fraction of sp³-hybridized carbons (Fsp3) is 0.500. The van der Waals surface area contributed by atoms with Crippen molar-refractivity contribution in [2.45, 2.75) is 62.6 Å². The summed E-state index contributed by atoms with van der Waals surface area (Å²) in [4.78, 5) is 12.7. The number of fused-ring (bicyclic) bond motifs is 3. The van der Waals surface area contributed by atoms with Crippen molar-refractivity contribution in [3.63, 3.8) is 0 Å². The van der Waals surface area contributed by atoms with E-state index in [1.54, 1.807) is 0 Å². The molecule has 0 saturated carbocycles. The largest absolute Gasteiger partial charge is 0.473 e. The van der Waals surface area contributed by atoms with Gasteiger partial charge in [0.2, 0.25) is 5.88 Å². The van der Waals surface area contributed by atoms with E-state index in [9.17, 15) is 13.4 Å². The van der Waals surface area contributed by atoms with Crippen LogP contribution in [-0.2, 0) is 42.1 Å². The maximum atomic E-state index is 14.2. The summed E-state index contributed by atoms with van der Waals surface area (Å²) in [5.74, 6) is 0.0932. The Morgan fingerprint density at radius 2 is 1.97 bits per heavy atom. The summed E-state index contributed by atoms with van der Waals surface area (Å²) >= 11 is 0. The van der Waals surface area contributed by atoms with Gasteiger partial charge in [0.05, 0.1) is 12.7 Å². The smallest absolute Gasteiger partial charge is 0.354 e. The highest BCUT2D eigenvalue weighted by Crippen LogP contribution is 2.39. The summed E-state index contributed by atoms with van der Waals surface area (Å²) in [7, 11) is -3.61. The SMILES string of the molecule is C[C@]1(F)COc2c([S@](N)(=O)=NC(=O)Nc3c4c(cc5c3CCC5)CCC4)cnn2C1. The van der Waals surface area contributed by atoms with Crippen LogP contribution in [0.1, 0.15) is 42.0 Å². The number of hydrogen-bond acceptors (Lipinski definition) is 4. The second-order valence-corrected chi connectivity index (χ2v) is 10.3. The first-order valence-electron chi connectivity index (χ1n) is 10.1. The molecule has 8 nitrogen and oxygen atoms in total. The molecule has 2 atom stereocenters. The van der Waals surface area contributed by atoms with Crippen molar-refractivity contribution < 1.29 is 18.1 Å². The van der Waals surface area contributed by atoms with Crippen LogP contribution in [0.15, 0.2) is 21.5 Å². The van der Waals surface area contributed by atoms with Crippen LogP contribution in [0.5, 0.6) is 5.88 Å². The quantitative estimate of drug-likeness (QED) is 0.758. The third-order valence-corrected chi connectivity index (χ3v) is 7.33. The molecule has 2 aliphatic carbocycles. The van der Waals surface area contributed by atoms with Gasteiger partial charge in [-0.3, -0.25) is 0 Å². The summed E-state index contributed by atoms with van der Waals surface area (Å²) in [6, 6.07) is 1.50. The zero-order valence-electron chi connectivity index (χ0n) is 16.7. The van der Waals surface area contributed by atoms with Crippen LogP contribution in [0.2, 0.25) is 0 Å². The third kappa shape index (κ3) is 3.27. The second kappa shape index (κ2) is 6.78. The highest BCUT2D eigenvalue weighted by atomic mass is 32.2. The van der Waals surface area contributed by atoms with Crippen LogP contribution >= 0.6 is 0 Å². The molecule has 5 rings (SSSR count). The number of carbonyl (C=O) groups is 1. The number of halogens is 1. The van der Waals surface area contributed by atoms with Crippen molar-refractivity contribution in [2.75, 3.05) is 11.9 Å². The number of aryl methyl sites for hydroxylation is 2. The second-order valence-electron chi connectivity index (χ2n) is 8.50. The van der Waals surface area contributed by atoms with Crippen molar-refractivity contribution in [3.8, 4) is 5.88 Å². The van der Waals surface area contributed by atoms with E-state index >= 15 is 0 Å². The minimum absolute atomic E-state index is 0.00308. The molecule has 1 aromatic heterocycles. The molecule has 0 saturated heterocycles. The summed E-state index contributed by atoms with van der Waals surface area (Å²) in [5.41, 5.74) is 4.06. The highest BCUT2D eigenvalue weighted by Gasteiger charge is 2.35. The van der Waals surface area contributed by atoms with Gasteiger partial charge in [0.25, 0.3) is 0 Å². The Kier molecular flexibility index (Phi) is 4.41. The van der Waals surface area contributed by atoms with E-state index in [2.05, 4.69) is 20.8 Å². The van der Waals surface area contributed by atoms with E-state index in [-0.39, 0.29) is 23.9 Å². The van der Waals surface area contributed by atoms with Crippen molar-refractivity contribution >= 4 is 21.6 Å². The van der Waals surface area contributed by atoms with Gasteiger partial charge in [-0.15, -0.1) is 4.36 Å². The molecule has 3 aliphatic rings. The number of rotatable bonds is 2. The number of alkyl halides is 1. The highest BCUT2D eigenvalue weighted by molar-refractivity contribution is 7.91. The van der Waals surface area contributed by atoms with Crippen molar-refractivity contribution in [1.29, 1.82) is 0 Å². The van der Waals surface area contributed by atoms with E-state index in [0.717, 1.165) is 55.3 Å². The molecule has 0 spiro atoms. The first-order valence-corrected chi connectivity index (χ1v) is 11.7. The molecule has 2 amide bonds. The average molecular weight is 434 g/mol. The third-order valence-electron chi connectivity index (χ3n) is 5.99. The number of nitrogens with two attached hydrogens (primary N) is 1. The number of urea groups is 1. The lowest BCUT2D eigenvalue weighted by molar-refractivity contribution is 0.0411. The van der Waals surface area contributed by atoms with Crippen LogP contribution in [0.3, 0.4) is 0 Å². The number of nitrogens with zero attached hydrogens (tertiary/aromatic N) is 3. The number of carbonyl (C=O) groups excluding carboxylic acids is 1. The molecule has 3 N–H and O–H groups in total. The van der Waals surface area contributed by atoms with Gasteiger partial charge in [-0.1, -0.05) is 6.07 Å². The minimum atomic E-state index is -3.61. The first kappa shape index (κ1) is 19.5. The van der Waals surface area contributed by atoms with E-state index in [1.807, 2.05) is 0 Å². The molecule has 0 bridgehead atoms. The lowest BCUT2D eigenvalue weighted by Gasteiger charge is -2.27. The molecule has 160 valence electrons. The Labute approximate surface area is 174 Å². The fourth-order valence-corrected chi connectivity index (χ4v) is 5.66. The molecule has 0 fully saturated rings. The molecule has 30 heavy (non-hydrogen) atoms. The summed E-state index contributed by atoms with van der Waals surface area (Å²) in [5, 5.41) is 12.8. The van der Waals surface area contributed by atoms with Crippen LogP contribution in [0.4, 0.5) is 14.9 Å². The van der Waals surface area contributed by atoms with Crippen LogP contribution in [0.25, 0.3) is 0 Å². The maximum Gasteiger partial charge on any atom is 0.354 e. The fourth-order valence-electron chi connectivity index (χ4n) is 4.66. The van der Waals surface area contributed by atoms with Crippen molar-refractivity contribution in [3.05, 3.63) is 34.5 Å². The molecule has 0 unspecified atom stereocenters. The number of nitrogens with one attached hydrogen (secondary N) is 1. The maximum absolute atomic E-state index is 14.2. The van der Waals surface area contributed by atoms with E-state index in [0.29, 0.717) is 0 Å². The van der Waals surface area contributed by atoms with Crippen molar-refractivity contribution in [2.24, 2.45) is 9.50 Å². The lowest BCUT2D eigenvalue weighted by Crippen LogP contribution is -2.38. The number of anilines is 1. The normalized spacial score (nSPS) is 23.7. The molecule has 2 aromatic rings. The Bertz CT molecular complexity index is 1150. The van der Waals surface area contributed by atoms with Gasteiger partial charge >= 0.3 is 6.03 Å². The summed E-state index contributed by atoms with van der Waals surface area (Å²) < 4.78 is 37.6. The Balaban J connectivity index is 1.47. The van der Waals surface area contributed by atoms with E-state index in [4.69, 9.17) is 9.88 Å². The lowest BCUT2D eigenvalue weighted by atomic mass is 9.99. The van der Waals surface area contributed by atoms with E-state index in [1.165, 1.54) is 28.9 Å². The Morgan fingerprint density at radius 1 is 1.30 bits per heavy atom. The topological polar surface area (TPSA) is 112 Å². The predicted octanol–water partition coefficient (Wildman–Crippen LogP) is 2.91. The standard InChI is InChI=1S/C20H24FN5O3S/c1-20(21)10-26-18(29-11-20)16(9-23-26)30(22,28)25-19(27)24-17-14-6-2-4-12(14)8-13-5-3-7-15(13)17/h8-9H,2-7,10-11H2,1H3,(H3,22,24,25,27,28)/t20-,30-/m1/s1. The van der Waals surface area contributed by atoms with Gasteiger partial charge in [-0.25, -0.2) is 23.2 Å². The number of ether oxygens (including phenoxy) is 1. The molecule has 1 aromatic carbocycles. The zero-order chi connectivity index (χ0) is 21.1. The van der Waals surface area contributed by atoms with Gasteiger partial charge in [-0.05, 0) is 67.7 Å². The molecule has 2 heterocycles. The van der Waals surface area contributed by atoms with Gasteiger partial charge in [0.15, 0.2) is 15.6 Å². The van der Waals surface area contributed by atoms with Gasteiger partial charge in [-0.2, -0.15) is 5.10 Å². The van der Waals surface area contributed by atoms with Crippen LogP contribution in [-0.4, -0.2) is 32.3 Å². The molecular weight excluding hydrogens is 409 g/mol. The Hall–Kier alpha value is -2.46. The van der Waals surface area contributed by atoms with Gasteiger partial charge in [0, 0.05) is 5.69 Å². The number of hydrogen-bond donors (Lipinski definition) is 2. The zero-order valence-corrected chi connectivity index (χ0v) is 17.6. The number of benzene rings is 1. The van der Waals surface area contributed by atoms with Gasteiger partial charge in [0.1, 0.15) is 11.5 Å². The monoisotopic (exact) mass is 433 g/mol.